The van der Waals surface area contributed by atoms with Gasteiger partial charge in [0.1, 0.15) is 0 Å². The summed E-state index contributed by atoms with van der Waals surface area (Å²) in [6, 6.07) is 10.9. The van der Waals surface area contributed by atoms with E-state index in [2.05, 4.69) is 21.1 Å². The SMILES string of the molecule is COc1ccc(/C=N\NC(=S)N/N=C/c2ccc(OC)c(OC)c2)cc1OC. The highest BCUT2D eigenvalue weighted by molar-refractivity contribution is 7.80. The Balaban J connectivity index is 1.89. The van der Waals surface area contributed by atoms with E-state index in [4.69, 9.17) is 31.2 Å². The molecule has 2 aromatic rings. The third-order valence-electron chi connectivity index (χ3n) is 3.57. The number of ether oxygens (including phenoxy) is 4. The van der Waals surface area contributed by atoms with E-state index in [0.717, 1.165) is 11.1 Å². The summed E-state index contributed by atoms with van der Waals surface area (Å²) in [5.41, 5.74) is 7.01. The maximum atomic E-state index is 5.25. The highest BCUT2D eigenvalue weighted by Gasteiger charge is 2.04. The van der Waals surface area contributed by atoms with E-state index in [9.17, 15) is 0 Å². The normalized spacial score (nSPS) is 10.7. The number of thiocarbonyl (C=S) groups is 1. The van der Waals surface area contributed by atoms with Crippen LogP contribution in [0.25, 0.3) is 0 Å². The molecule has 2 N–H and O–H groups in total. The van der Waals surface area contributed by atoms with Crippen LogP contribution in [0.15, 0.2) is 46.6 Å². The molecule has 0 radical (unpaired) electrons. The number of methoxy groups -OCH3 is 4. The molecule has 9 heteroatoms. The van der Waals surface area contributed by atoms with Gasteiger partial charge in [-0.1, -0.05) is 0 Å². The molecule has 0 atom stereocenters. The van der Waals surface area contributed by atoms with Crippen molar-refractivity contribution < 1.29 is 18.9 Å². The molecule has 0 bridgehead atoms. The van der Waals surface area contributed by atoms with Gasteiger partial charge in [-0.3, -0.25) is 10.9 Å². The Morgan fingerprint density at radius 1 is 0.714 bits per heavy atom. The molecule has 0 aromatic heterocycles. The fraction of sp³-hybridized carbons (Fsp3) is 0.211. The monoisotopic (exact) mass is 402 g/mol. The molecule has 148 valence electrons. The first-order valence-corrected chi connectivity index (χ1v) is 8.58. The Kier molecular flexibility index (Phi) is 8.04. The fourth-order valence-electron chi connectivity index (χ4n) is 2.22. The lowest BCUT2D eigenvalue weighted by molar-refractivity contribution is 0.355. The molecule has 0 aliphatic heterocycles. The topological polar surface area (TPSA) is 85.7 Å². The Labute approximate surface area is 169 Å². The van der Waals surface area contributed by atoms with Crippen molar-refractivity contribution in [3.63, 3.8) is 0 Å². The minimum absolute atomic E-state index is 0.244. The quantitative estimate of drug-likeness (QED) is 0.399. The third kappa shape index (κ3) is 5.85. The Morgan fingerprint density at radius 2 is 1.11 bits per heavy atom. The molecule has 0 saturated carbocycles. The number of hydrogen-bond donors (Lipinski definition) is 2. The van der Waals surface area contributed by atoms with Crippen molar-refractivity contribution in [3.05, 3.63) is 47.5 Å². The van der Waals surface area contributed by atoms with Gasteiger partial charge in [0.2, 0.25) is 5.11 Å². The average molecular weight is 402 g/mol. The van der Waals surface area contributed by atoms with Crippen molar-refractivity contribution in [2.75, 3.05) is 28.4 Å². The predicted molar refractivity (Wildman–Crippen MR) is 113 cm³/mol. The Bertz CT molecular complexity index is 802. The minimum atomic E-state index is 0.244. The number of hydrogen-bond acceptors (Lipinski definition) is 7. The van der Waals surface area contributed by atoms with E-state index in [-0.39, 0.29) is 5.11 Å². The maximum absolute atomic E-state index is 5.25. The fourth-order valence-corrected chi connectivity index (χ4v) is 2.33. The minimum Gasteiger partial charge on any atom is -0.493 e. The van der Waals surface area contributed by atoms with Gasteiger partial charge in [-0.25, -0.2) is 0 Å². The second-order valence-corrected chi connectivity index (χ2v) is 5.71. The largest absolute Gasteiger partial charge is 0.493 e. The lowest BCUT2D eigenvalue weighted by atomic mass is 10.2. The Morgan fingerprint density at radius 3 is 1.46 bits per heavy atom. The zero-order valence-electron chi connectivity index (χ0n) is 16.1. The third-order valence-corrected chi connectivity index (χ3v) is 3.76. The van der Waals surface area contributed by atoms with Crippen LogP contribution in [0.3, 0.4) is 0 Å². The number of rotatable bonds is 8. The van der Waals surface area contributed by atoms with Crippen molar-refractivity contribution in [1.82, 2.24) is 10.9 Å². The van der Waals surface area contributed by atoms with Gasteiger partial charge in [-0.05, 0) is 59.7 Å². The van der Waals surface area contributed by atoms with Crippen LogP contribution >= 0.6 is 12.2 Å². The summed E-state index contributed by atoms with van der Waals surface area (Å²) in [6.45, 7) is 0. The highest BCUT2D eigenvalue weighted by Crippen LogP contribution is 2.27. The number of hydrazone groups is 2. The molecule has 0 amide bonds. The van der Waals surface area contributed by atoms with Crippen molar-refractivity contribution in [1.29, 1.82) is 0 Å². The van der Waals surface area contributed by atoms with Crippen molar-refractivity contribution in [2.45, 2.75) is 0 Å². The van der Waals surface area contributed by atoms with Crippen LogP contribution < -0.4 is 29.8 Å². The predicted octanol–water partition coefficient (Wildman–Crippen LogP) is 2.55. The number of nitrogens with zero attached hydrogens (tertiary/aromatic N) is 2. The summed E-state index contributed by atoms with van der Waals surface area (Å²) >= 11 is 5.12. The molecular weight excluding hydrogens is 380 g/mol. The van der Waals surface area contributed by atoms with Gasteiger partial charge in [0, 0.05) is 0 Å². The lowest BCUT2D eigenvalue weighted by Gasteiger charge is -2.08. The summed E-state index contributed by atoms with van der Waals surface area (Å²) in [5, 5.41) is 8.37. The molecule has 0 saturated heterocycles. The lowest BCUT2D eigenvalue weighted by Crippen LogP contribution is -2.28. The van der Waals surface area contributed by atoms with E-state index < -0.39 is 0 Å². The van der Waals surface area contributed by atoms with E-state index >= 15 is 0 Å². The van der Waals surface area contributed by atoms with E-state index in [0.29, 0.717) is 23.0 Å². The van der Waals surface area contributed by atoms with Crippen LogP contribution in [-0.2, 0) is 0 Å². The maximum Gasteiger partial charge on any atom is 0.207 e. The molecule has 8 nitrogen and oxygen atoms in total. The second-order valence-electron chi connectivity index (χ2n) is 5.30. The zero-order valence-corrected chi connectivity index (χ0v) is 16.9. The van der Waals surface area contributed by atoms with Crippen LogP contribution in [0.1, 0.15) is 11.1 Å². The van der Waals surface area contributed by atoms with Gasteiger partial charge in [0.05, 0.1) is 40.9 Å². The zero-order chi connectivity index (χ0) is 20.4. The molecule has 0 heterocycles. The number of nitrogens with one attached hydrogen (secondary N) is 2. The smallest absolute Gasteiger partial charge is 0.207 e. The van der Waals surface area contributed by atoms with Gasteiger partial charge in [0.25, 0.3) is 0 Å². The van der Waals surface area contributed by atoms with Crippen LogP contribution in [-0.4, -0.2) is 46.0 Å². The van der Waals surface area contributed by atoms with Gasteiger partial charge < -0.3 is 18.9 Å². The summed E-state index contributed by atoms with van der Waals surface area (Å²) in [7, 11) is 6.32. The molecule has 0 aliphatic carbocycles. The molecule has 0 spiro atoms. The summed E-state index contributed by atoms with van der Waals surface area (Å²) in [6.07, 6.45) is 3.21. The van der Waals surface area contributed by atoms with Crippen LogP contribution in [0.5, 0.6) is 23.0 Å². The van der Waals surface area contributed by atoms with E-state index in [1.54, 1.807) is 65.1 Å². The number of benzene rings is 2. The van der Waals surface area contributed by atoms with Crippen LogP contribution in [0.2, 0.25) is 0 Å². The first kappa shape index (κ1) is 21.0. The molecule has 0 unspecified atom stereocenters. The first-order chi connectivity index (χ1) is 13.6. The van der Waals surface area contributed by atoms with E-state index in [1.807, 2.05) is 12.1 Å². The van der Waals surface area contributed by atoms with Crippen molar-refractivity contribution in [2.24, 2.45) is 10.2 Å². The van der Waals surface area contributed by atoms with Gasteiger partial charge in [0.15, 0.2) is 23.0 Å². The molecule has 2 rings (SSSR count). The molecule has 0 aliphatic rings. The molecule has 0 fully saturated rings. The van der Waals surface area contributed by atoms with E-state index in [1.165, 1.54) is 0 Å². The standard InChI is InChI=1S/C19H22N4O4S/c1-24-15-7-5-13(9-17(15)26-3)11-20-22-19(28)23-21-12-14-6-8-16(25-2)18(10-14)27-4/h5-12H,1-4H3,(H2,22,23,28)/b20-11-,21-12+. The second kappa shape index (κ2) is 10.7. The Hall–Kier alpha value is -3.33. The van der Waals surface area contributed by atoms with Crippen LogP contribution in [0, 0.1) is 0 Å². The van der Waals surface area contributed by atoms with Crippen LogP contribution in [0.4, 0.5) is 0 Å². The average Bonchev–Trinajstić information content (AvgIpc) is 2.73. The van der Waals surface area contributed by atoms with Crippen molar-refractivity contribution in [3.8, 4) is 23.0 Å². The highest BCUT2D eigenvalue weighted by atomic mass is 32.1. The molecular formula is C19H22N4O4S. The van der Waals surface area contributed by atoms with Gasteiger partial charge in [-0.15, -0.1) is 0 Å². The van der Waals surface area contributed by atoms with Gasteiger partial charge >= 0.3 is 0 Å². The summed E-state index contributed by atoms with van der Waals surface area (Å²) in [5.74, 6) is 2.53. The van der Waals surface area contributed by atoms with Crippen molar-refractivity contribution >= 4 is 29.8 Å². The first-order valence-electron chi connectivity index (χ1n) is 8.17. The summed E-state index contributed by atoms with van der Waals surface area (Å²) < 4.78 is 20.9. The molecule has 28 heavy (non-hydrogen) atoms. The molecule has 2 aromatic carbocycles. The summed E-state index contributed by atoms with van der Waals surface area (Å²) in [4.78, 5) is 0. The van der Waals surface area contributed by atoms with Gasteiger partial charge in [-0.2, -0.15) is 10.2 Å².